The molecular weight excluding hydrogens is 352 g/mol. The summed E-state index contributed by atoms with van der Waals surface area (Å²) in [6.07, 6.45) is 0.736. The van der Waals surface area contributed by atoms with E-state index in [1.165, 1.54) is 12.5 Å². The molecule has 136 valence electrons. The van der Waals surface area contributed by atoms with Gasteiger partial charge < -0.3 is 19.5 Å². The smallest absolute Gasteiger partial charge is 0.163 e. The number of aromatic nitrogens is 3. The van der Waals surface area contributed by atoms with Crippen LogP contribution in [0.4, 0.5) is 5.82 Å². The predicted octanol–water partition coefficient (Wildman–Crippen LogP) is 0.855. The molecule has 25 heavy (non-hydrogen) atoms. The summed E-state index contributed by atoms with van der Waals surface area (Å²) in [6, 6.07) is 0. The van der Waals surface area contributed by atoms with Gasteiger partial charge in [0.05, 0.1) is 18.6 Å². The first kappa shape index (κ1) is 18.0. The molecular formula is C15H19ClN4O5. The first-order chi connectivity index (χ1) is 12.0. The van der Waals surface area contributed by atoms with Crippen LogP contribution in [-0.4, -0.2) is 61.3 Å². The van der Waals surface area contributed by atoms with E-state index in [0.717, 1.165) is 0 Å². The van der Waals surface area contributed by atoms with Crippen LogP contribution in [0, 0.1) is 0 Å². The molecule has 0 bridgehead atoms. The Hall–Kier alpha value is -1.78. The largest absolute Gasteiger partial charge is 0.394 e. The highest BCUT2D eigenvalue weighted by Gasteiger charge is 2.53. The van der Waals surface area contributed by atoms with Gasteiger partial charge in [-0.25, -0.2) is 15.4 Å². The summed E-state index contributed by atoms with van der Waals surface area (Å²) in [5, 5.41) is 20.1. The topological polar surface area (TPSA) is 119 Å². The second kappa shape index (κ2) is 6.85. The Morgan fingerprint density at radius 3 is 2.92 bits per heavy atom. The number of aliphatic hydroxyl groups is 2. The minimum atomic E-state index is -1.22. The van der Waals surface area contributed by atoms with Gasteiger partial charge in [0.2, 0.25) is 0 Å². The number of hydrogen-bond acceptors (Lipinski definition) is 8. The Balaban J connectivity index is 2.13. The number of rotatable bonds is 6. The van der Waals surface area contributed by atoms with E-state index in [0.29, 0.717) is 35.3 Å². The van der Waals surface area contributed by atoms with Crippen LogP contribution >= 0.6 is 11.6 Å². The fraction of sp³-hybridized carbons (Fsp3) is 0.533. The van der Waals surface area contributed by atoms with Gasteiger partial charge in [-0.05, 0) is 13.8 Å². The maximum atomic E-state index is 11.5. The number of carbonyl (C=O) groups is 1. The summed E-state index contributed by atoms with van der Waals surface area (Å²) in [5.74, 6) is 0.334. The summed E-state index contributed by atoms with van der Waals surface area (Å²) in [4.78, 5) is 23.8. The second-order valence-corrected chi connectivity index (χ2v) is 6.69. The van der Waals surface area contributed by atoms with Crippen LogP contribution in [0.5, 0.6) is 0 Å². The number of fused-ring (bicyclic) bond motifs is 1. The van der Waals surface area contributed by atoms with E-state index in [1.807, 2.05) is 0 Å². The molecule has 9 nitrogen and oxygen atoms in total. The van der Waals surface area contributed by atoms with Crippen molar-refractivity contribution in [3.8, 4) is 0 Å². The monoisotopic (exact) mass is 370 g/mol. The van der Waals surface area contributed by atoms with E-state index in [1.54, 1.807) is 18.4 Å². The van der Waals surface area contributed by atoms with Crippen molar-refractivity contribution in [2.24, 2.45) is 0 Å². The standard InChI is InChI=1S/C15H19ClN4O5/c1-3-24-19-12-10-8(5-21)4-20(13(10)18-7-17-12)14-15(2,16)11(23)9(6-22)25-14/h4-5,7,9,11,14,22-23H,3,6H2,1-2H3,(H,17,18,19)/t9-,11-,14-,15-/m1/s1. The first-order valence-electron chi connectivity index (χ1n) is 7.77. The van der Waals surface area contributed by atoms with Gasteiger partial charge in [0, 0.05) is 11.8 Å². The third kappa shape index (κ3) is 2.87. The lowest BCUT2D eigenvalue weighted by Gasteiger charge is -2.26. The van der Waals surface area contributed by atoms with Gasteiger partial charge in [-0.3, -0.25) is 9.63 Å². The molecule has 0 aliphatic carbocycles. The van der Waals surface area contributed by atoms with E-state index in [4.69, 9.17) is 21.2 Å². The molecule has 0 amide bonds. The zero-order valence-electron chi connectivity index (χ0n) is 13.7. The molecule has 10 heteroatoms. The fourth-order valence-corrected chi connectivity index (χ4v) is 3.26. The number of nitrogens with one attached hydrogen (secondary N) is 1. The van der Waals surface area contributed by atoms with E-state index in [2.05, 4.69) is 15.4 Å². The van der Waals surface area contributed by atoms with Crippen LogP contribution in [-0.2, 0) is 9.57 Å². The van der Waals surface area contributed by atoms with Crippen LogP contribution in [0.1, 0.15) is 30.4 Å². The number of anilines is 1. The maximum Gasteiger partial charge on any atom is 0.163 e. The maximum absolute atomic E-state index is 11.5. The summed E-state index contributed by atoms with van der Waals surface area (Å²) < 4.78 is 7.27. The SMILES string of the molecule is CCONc1ncnc2c1c(C=O)cn2[C@@H]1O[C@H](CO)[C@@H](O)[C@@]1(C)Cl. The van der Waals surface area contributed by atoms with Crippen molar-refractivity contribution in [2.75, 3.05) is 18.7 Å². The average Bonchev–Trinajstić information content (AvgIpc) is 3.09. The van der Waals surface area contributed by atoms with Crippen molar-refractivity contribution in [1.82, 2.24) is 14.5 Å². The van der Waals surface area contributed by atoms with Gasteiger partial charge in [-0.2, -0.15) is 0 Å². The van der Waals surface area contributed by atoms with Crippen LogP contribution in [0.2, 0.25) is 0 Å². The molecule has 1 aliphatic heterocycles. The van der Waals surface area contributed by atoms with Gasteiger partial charge in [-0.15, -0.1) is 11.6 Å². The molecule has 3 N–H and O–H groups in total. The van der Waals surface area contributed by atoms with Crippen LogP contribution in [0.25, 0.3) is 11.0 Å². The number of nitrogens with zero attached hydrogens (tertiary/aromatic N) is 3. The summed E-state index contributed by atoms with van der Waals surface area (Å²) >= 11 is 6.49. The van der Waals surface area contributed by atoms with Crippen LogP contribution in [0.3, 0.4) is 0 Å². The normalized spacial score (nSPS) is 29.2. The zero-order chi connectivity index (χ0) is 18.2. The lowest BCUT2D eigenvalue weighted by molar-refractivity contribution is -0.0439. The molecule has 3 heterocycles. The van der Waals surface area contributed by atoms with Crippen molar-refractivity contribution >= 4 is 34.7 Å². The summed E-state index contributed by atoms with van der Waals surface area (Å²) in [6.45, 7) is 3.43. The Kier molecular flexibility index (Phi) is 4.94. The fourth-order valence-electron chi connectivity index (χ4n) is 2.96. The van der Waals surface area contributed by atoms with E-state index < -0.39 is 23.3 Å². The zero-order valence-corrected chi connectivity index (χ0v) is 14.5. The van der Waals surface area contributed by atoms with E-state index >= 15 is 0 Å². The molecule has 0 saturated carbocycles. The van der Waals surface area contributed by atoms with Crippen molar-refractivity contribution < 1.29 is 24.6 Å². The minimum absolute atomic E-state index is 0.316. The van der Waals surface area contributed by atoms with Gasteiger partial charge in [0.25, 0.3) is 0 Å². The van der Waals surface area contributed by atoms with Crippen LogP contribution < -0.4 is 5.48 Å². The Labute approximate surface area is 148 Å². The molecule has 0 aromatic carbocycles. The highest BCUT2D eigenvalue weighted by atomic mass is 35.5. The molecule has 2 aromatic heterocycles. The third-order valence-electron chi connectivity index (χ3n) is 4.23. The highest BCUT2D eigenvalue weighted by molar-refractivity contribution is 6.24. The molecule has 1 saturated heterocycles. The number of ether oxygens (including phenoxy) is 1. The van der Waals surface area contributed by atoms with Gasteiger partial charge in [0.15, 0.2) is 18.3 Å². The first-order valence-corrected chi connectivity index (χ1v) is 8.15. The molecule has 0 radical (unpaired) electrons. The Bertz CT molecular complexity index is 781. The lowest BCUT2D eigenvalue weighted by atomic mass is 10.0. The predicted molar refractivity (Wildman–Crippen MR) is 89.4 cm³/mol. The highest BCUT2D eigenvalue weighted by Crippen LogP contribution is 2.44. The van der Waals surface area contributed by atoms with E-state index in [9.17, 15) is 15.0 Å². The Morgan fingerprint density at radius 2 is 2.32 bits per heavy atom. The molecule has 1 fully saturated rings. The molecule has 1 aliphatic rings. The number of halogens is 1. The molecule has 0 spiro atoms. The van der Waals surface area contributed by atoms with Crippen molar-refractivity contribution in [2.45, 2.75) is 37.2 Å². The number of aliphatic hydroxyl groups excluding tert-OH is 2. The van der Waals surface area contributed by atoms with Gasteiger partial charge >= 0.3 is 0 Å². The van der Waals surface area contributed by atoms with Crippen molar-refractivity contribution in [3.05, 3.63) is 18.1 Å². The Morgan fingerprint density at radius 1 is 1.56 bits per heavy atom. The summed E-state index contributed by atoms with van der Waals surface area (Å²) in [5.41, 5.74) is 3.39. The van der Waals surface area contributed by atoms with Crippen LogP contribution in [0.15, 0.2) is 12.5 Å². The molecule has 4 atom stereocenters. The van der Waals surface area contributed by atoms with Gasteiger partial charge in [0.1, 0.15) is 29.1 Å². The average molecular weight is 371 g/mol. The molecule has 3 rings (SSSR count). The molecule has 2 aromatic rings. The third-order valence-corrected chi connectivity index (χ3v) is 4.64. The quantitative estimate of drug-likeness (QED) is 0.389. The number of carbonyl (C=O) groups excluding carboxylic acids is 1. The van der Waals surface area contributed by atoms with Gasteiger partial charge in [-0.1, -0.05) is 0 Å². The van der Waals surface area contributed by atoms with Crippen molar-refractivity contribution in [1.29, 1.82) is 0 Å². The minimum Gasteiger partial charge on any atom is -0.394 e. The number of alkyl halides is 1. The number of aldehydes is 1. The second-order valence-electron chi connectivity index (χ2n) is 5.87. The van der Waals surface area contributed by atoms with E-state index in [-0.39, 0.29) is 6.61 Å². The lowest BCUT2D eigenvalue weighted by Crippen LogP contribution is -2.39. The summed E-state index contributed by atoms with van der Waals surface area (Å²) in [7, 11) is 0. The number of hydrogen-bond donors (Lipinski definition) is 3. The molecule has 0 unspecified atom stereocenters. The van der Waals surface area contributed by atoms with Crippen molar-refractivity contribution in [3.63, 3.8) is 0 Å².